The van der Waals surface area contributed by atoms with Crippen molar-refractivity contribution in [2.45, 2.75) is 47.0 Å². The lowest BCUT2D eigenvalue weighted by molar-refractivity contribution is 0.0597. The third-order valence-corrected chi connectivity index (χ3v) is 6.90. The number of H-pyrrole nitrogens is 1. The van der Waals surface area contributed by atoms with Gasteiger partial charge in [-0.3, -0.25) is 9.78 Å². The van der Waals surface area contributed by atoms with E-state index in [1.807, 2.05) is 81.3 Å². The molecule has 1 amide bonds. The van der Waals surface area contributed by atoms with Gasteiger partial charge in [0.05, 0.1) is 18.5 Å². The Morgan fingerprint density at radius 3 is 2.68 bits per heavy atom. The lowest BCUT2D eigenvalue weighted by Gasteiger charge is -2.41. The molecule has 3 aromatic rings. The Hall–Kier alpha value is -3.87. The molecular weight excluding hydrogens is 462 g/mol. The monoisotopic (exact) mass is 499 g/mol. The second-order valence-corrected chi connectivity index (χ2v) is 10.4. The number of nitrogens with one attached hydrogen (secondary N) is 2. The van der Waals surface area contributed by atoms with E-state index in [0.29, 0.717) is 5.69 Å². The molecule has 1 aliphatic rings. The molecule has 0 unspecified atom stereocenters. The summed E-state index contributed by atoms with van der Waals surface area (Å²) >= 11 is 0. The number of rotatable bonds is 9. The number of aromatic amines is 1. The lowest BCUT2D eigenvalue weighted by atomic mass is 9.70. The Kier molecular flexibility index (Phi) is 7.81. The highest BCUT2D eigenvalue weighted by Gasteiger charge is 2.34. The van der Waals surface area contributed by atoms with E-state index < -0.39 is 0 Å². The van der Waals surface area contributed by atoms with Gasteiger partial charge in [-0.25, -0.2) is 4.99 Å². The van der Waals surface area contributed by atoms with E-state index in [0.717, 1.165) is 51.7 Å². The quantitative estimate of drug-likeness (QED) is 0.327. The number of fused-ring (bicyclic) bond motifs is 1. The fourth-order valence-corrected chi connectivity index (χ4v) is 4.65. The van der Waals surface area contributed by atoms with Crippen LogP contribution >= 0.6 is 0 Å². The van der Waals surface area contributed by atoms with Crippen LogP contribution in [0.3, 0.4) is 0 Å². The summed E-state index contributed by atoms with van der Waals surface area (Å²) in [6.45, 7) is 9.03. The van der Waals surface area contributed by atoms with Crippen molar-refractivity contribution in [2.75, 3.05) is 26.0 Å². The third-order valence-electron chi connectivity index (χ3n) is 6.90. The number of benzene rings is 1. The van der Waals surface area contributed by atoms with Gasteiger partial charge < -0.3 is 19.9 Å². The van der Waals surface area contributed by atoms with Crippen LogP contribution < -0.4 is 10.1 Å². The molecule has 7 heteroatoms. The van der Waals surface area contributed by atoms with Crippen molar-refractivity contribution < 1.29 is 9.53 Å². The number of aromatic nitrogens is 2. The molecule has 2 N–H and O–H groups in total. The predicted octanol–water partition coefficient (Wildman–Crippen LogP) is 6.56. The number of carbonyl (C=O) groups excluding carboxylic acids is 1. The summed E-state index contributed by atoms with van der Waals surface area (Å²) in [6.07, 6.45) is 9.21. The van der Waals surface area contributed by atoms with Crippen molar-refractivity contribution in [1.82, 2.24) is 14.9 Å². The van der Waals surface area contributed by atoms with E-state index in [1.54, 1.807) is 13.3 Å². The minimum Gasteiger partial charge on any atom is -0.497 e. The number of allylic oxidation sites excluding steroid dienone is 3. The van der Waals surface area contributed by atoms with Crippen LogP contribution in [-0.4, -0.2) is 47.2 Å². The number of nitrogens with zero attached hydrogens (tertiary/aromatic N) is 3. The molecule has 0 spiro atoms. The van der Waals surface area contributed by atoms with Gasteiger partial charge in [-0.05, 0) is 81.0 Å². The molecular formula is C30H37N5O2. The van der Waals surface area contributed by atoms with Crippen LogP contribution in [0.2, 0.25) is 0 Å². The minimum absolute atomic E-state index is 0.0233. The summed E-state index contributed by atoms with van der Waals surface area (Å²) in [7, 11) is 3.53. The van der Waals surface area contributed by atoms with Gasteiger partial charge in [0.2, 0.25) is 0 Å². The first-order chi connectivity index (χ1) is 17.7. The number of aliphatic imine (C=N–C) groups is 1. The summed E-state index contributed by atoms with van der Waals surface area (Å²) < 4.78 is 5.36. The maximum absolute atomic E-state index is 13.1. The number of anilines is 1. The van der Waals surface area contributed by atoms with E-state index >= 15 is 0 Å². The molecule has 4 rings (SSSR count). The maximum atomic E-state index is 13.1. The van der Waals surface area contributed by atoms with E-state index in [-0.39, 0.29) is 11.3 Å². The first-order valence-electron chi connectivity index (χ1n) is 12.8. The molecule has 0 bridgehead atoms. The fraction of sp³-hybridized carbons (Fsp3) is 0.367. The molecule has 0 radical (unpaired) electrons. The van der Waals surface area contributed by atoms with E-state index in [9.17, 15) is 4.79 Å². The topological polar surface area (TPSA) is 82.6 Å². The van der Waals surface area contributed by atoms with Crippen molar-refractivity contribution in [3.8, 4) is 5.75 Å². The van der Waals surface area contributed by atoms with Crippen molar-refractivity contribution in [1.29, 1.82) is 0 Å². The molecule has 2 heterocycles. The van der Waals surface area contributed by atoms with Crippen LogP contribution in [0.5, 0.6) is 5.75 Å². The van der Waals surface area contributed by atoms with Gasteiger partial charge in [-0.1, -0.05) is 19.4 Å². The smallest absolute Gasteiger partial charge is 0.270 e. The predicted molar refractivity (Wildman–Crippen MR) is 151 cm³/mol. The zero-order valence-corrected chi connectivity index (χ0v) is 22.7. The van der Waals surface area contributed by atoms with Crippen molar-refractivity contribution in [3.63, 3.8) is 0 Å². The summed E-state index contributed by atoms with van der Waals surface area (Å²) in [4.78, 5) is 27.6. The van der Waals surface area contributed by atoms with Crippen molar-refractivity contribution >= 4 is 28.2 Å². The zero-order valence-electron chi connectivity index (χ0n) is 22.7. The molecule has 1 aromatic carbocycles. The standard InChI is InChI=1S/C30H37N5O2/c1-7-9-25(26-18-23(37-6)12-15-31-26)34-28(20(2)3)32-22-10-11-24-21(16-22)17-27(33-24)29(36)35(5)19-30(4)13-8-14-30/h7,9-12,15-18,32-33H,8,13-14,19H2,1-6H3/b9-7-,34-25+. The minimum atomic E-state index is 0.0233. The van der Waals surface area contributed by atoms with Crippen molar-refractivity contribution in [2.24, 2.45) is 10.4 Å². The number of ether oxygens (including phenoxy) is 1. The third kappa shape index (κ3) is 6.10. The van der Waals surface area contributed by atoms with E-state index in [2.05, 4.69) is 22.2 Å². The lowest BCUT2D eigenvalue weighted by Crippen LogP contribution is -2.41. The molecule has 1 saturated carbocycles. The van der Waals surface area contributed by atoms with Gasteiger partial charge in [0.15, 0.2) is 0 Å². The van der Waals surface area contributed by atoms with Crippen LogP contribution in [0.25, 0.3) is 10.9 Å². The van der Waals surface area contributed by atoms with Crippen LogP contribution in [0, 0.1) is 5.41 Å². The van der Waals surface area contributed by atoms with Gasteiger partial charge >= 0.3 is 0 Å². The fourth-order valence-electron chi connectivity index (χ4n) is 4.65. The molecule has 2 aromatic heterocycles. The number of hydrogen-bond acceptors (Lipinski definition) is 5. The molecule has 37 heavy (non-hydrogen) atoms. The van der Waals surface area contributed by atoms with Crippen LogP contribution in [0.4, 0.5) is 5.69 Å². The summed E-state index contributed by atoms with van der Waals surface area (Å²) in [5.74, 6) is 1.48. The van der Waals surface area contributed by atoms with Crippen molar-refractivity contribution in [3.05, 3.63) is 77.5 Å². The van der Waals surface area contributed by atoms with Gasteiger partial charge in [0, 0.05) is 42.4 Å². The van der Waals surface area contributed by atoms with Gasteiger partial charge in [0.1, 0.15) is 17.3 Å². The number of methoxy groups -OCH3 is 1. The highest BCUT2D eigenvalue weighted by Crippen LogP contribution is 2.40. The molecule has 0 atom stereocenters. The summed E-state index contributed by atoms with van der Waals surface area (Å²) in [5, 5.41) is 4.42. The molecule has 1 aliphatic carbocycles. The molecule has 194 valence electrons. The zero-order chi connectivity index (χ0) is 26.6. The number of pyridine rings is 1. The first-order valence-corrected chi connectivity index (χ1v) is 12.8. The second-order valence-electron chi connectivity index (χ2n) is 10.4. The Morgan fingerprint density at radius 2 is 2.03 bits per heavy atom. The average Bonchev–Trinajstić information content (AvgIpc) is 3.29. The van der Waals surface area contributed by atoms with E-state index in [4.69, 9.17) is 9.73 Å². The summed E-state index contributed by atoms with van der Waals surface area (Å²) in [5.41, 5.74) is 5.15. The number of amides is 1. The normalized spacial score (nSPS) is 14.9. The number of carbonyl (C=O) groups is 1. The highest BCUT2D eigenvalue weighted by atomic mass is 16.5. The van der Waals surface area contributed by atoms with Gasteiger partial charge in [-0.15, -0.1) is 0 Å². The highest BCUT2D eigenvalue weighted by molar-refractivity contribution is 6.08. The van der Waals surface area contributed by atoms with Crippen LogP contribution in [0.1, 0.15) is 63.1 Å². The second kappa shape index (κ2) is 11.0. The molecule has 1 fully saturated rings. The van der Waals surface area contributed by atoms with E-state index in [1.165, 1.54) is 19.3 Å². The SMILES string of the molecule is C/C=C\C(=N/C(Nc1ccc2[nH]c(C(=O)N(C)CC3(C)CCC3)cc2c1)=C(C)C)c1cc(OC)ccn1. The summed E-state index contributed by atoms with van der Waals surface area (Å²) in [6, 6.07) is 11.6. The Bertz CT molecular complexity index is 1370. The Labute approximate surface area is 219 Å². The van der Waals surface area contributed by atoms with Gasteiger partial charge in [-0.2, -0.15) is 0 Å². The molecule has 0 saturated heterocycles. The molecule has 0 aliphatic heterocycles. The largest absolute Gasteiger partial charge is 0.497 e. The maximum Gasteiger partial charge on any atom is 0.270 e. The average molecular weight is 500 g/mol. The molecule has 7 nitrogen and oxygen atoms in total. The Balaban J connectivity index is 1.57. The van der Waals surface area contributed by atoms with Crippen LogP contribution in [-0.2, 0) is 0 Å². The Morgan fingerprint density at radius 1 is 1.24 bits per heavy atom. The number of hydrogen-bond donors (Lipinski definition) is 2. The van der Waals surface area contributed by atoms with Crippen LogP contribution in [0.15, 0.2) is 71.1 Å². The van der Waals surface area contributed by atoms with Gasteiger partial charge in [0.25, 0.3) is 5.91 Å². The first kappa shape index (κ1) is 26.2.